The quantitative estimate of drug-likeness (QED) is 0.720. The molecule has 0 aliphatic carbocycles. The third-order valence-electron chi connectivity index (χ3n) is 2.53. The average molecular weight is 320 g/mol. The lowest BCUT2D eigenvalue weighted by Gasteiger charge is -2.07. The van der Waals surface area contributed by atoms with Crippen molar-refractivity contribution in [3.8, 4) is 0 Å². The molecule has 1 N–H and O–H groups in total. The SMILES string of the molecule is CSCCCCCNCc1ccc(F)cc1Br. The Morgan fingerprint density at radius 2 is 2.12 bits per heavy atom. The van der Waals surface area contributed by atoms with Crippen LogP contribution < -0.4 is 5.32 Å². The summed E-state index contributed by atoms with van der Waals surface area (Å²) in [6.07, 6.45) is 5.92. The molecule has 0 aliphatic heterocycles. The Kier molecular flexibility index (Phi) is 7.90. The highest BCUT2D eigenvalue weighted by atomic mass is 79.9. The largest absolute Gasteiger partial charge is 0.313 e. The lowest BCUT2D eigenvalue weighted by Crippen LogP contribution is -2.15. The smallest absolute Gasteiger partial charge is 0.124 e. The van der Waals surface area contributed by atoms with E-state index in [4.69, 9.17) is 0 Å². The topological polar surface area (TPSA) is 12.0 Å². The molecule has 0 heterocycles. The molecule has 0 atom stereocenters. The summed E-state index contributed by atoms with van der Waals surface area (Å²) in [5.41, 5.74) is 1.11. The molecule has 0 spiro atoms. The van der Waals surface area contributed by atoms with Crippen molar-refractivity contribution in [2.45, 2.75) is 25.8 Å². The molecule has 0 fully saturated rings. The predicted octanol–water partition coefficient (Wildman–Crippen LogP) is 4.21. The second-order valence-corrected chi connectivity index (χ2v) is 5.81. The molecule has 17 heavy (non-hydrogen) atoms. The van der Waals surface area contributed by atoms with Crippen LogP contribution in [-0.4, -0.2) is 18.6 Å². The first-order chi connectivity index (χ1) is 8.24. The van der Waals surface area contributed by atoms with Gasteiger partial charge in [0.05, 0.1) is 0 Å². The van der Waals surface area contributed by atoms with E-state index in [0.717, 1.165) is 23.1 Å². The van der Waals surface area contributed by atoms with Gasteiger partial charge >= 0.3 is 0 Å². The molecule has 1 nitrogen and oxygen atoms in total. The molecular formula is C13H19BrFNS. The summed E-state index contributed by atoms with van der Waals surface area (Å²) < 4.78 is 13.7. The Morgan fingerprint density at radius 3 is 2.82 bits per heavy atom. The van der Waals surface area contributed by atoms with E-state index in [2.05, 4.69) is 27.5 Å². The zero-order chi connectivity index (χ0) is 12.5. The summed E-state index contributed by atoms with van der Waals surface area (Å²) >= 11 is 5.27. The minimum Gasteiger partial charge on any atom is -0.313 e. The van der Waals surface area contributed by atoms with E-state index in [1.165, 1.54) is 37.1 Å². The zero-order valence-electron chi connectivity index (χ0n) is 10.1. The van der Waals surface area contributed by atoms with Gasteiger partial charge in [-0.1, -0.05) is 28.4 Å². The number of hydrogen-bond acceptors (Lipinski definition) is 2. The number of rotatable bonds is 8. The van der Waals surface area contributed by atoms with Crippen LogP contribution in [0.4, 0.5) is 4.39 Å². The van der Waals surface area contributed by atoms with Crippen LogP contribution in [-0.2, 0) is 6.54 Å². The number of nitrogens with one attached hydrogen (secondary N) is 1. The first-order valence-electron chi connectivity index (χ1n) is 5.87. The summed E-state index contributed by atoms with van der Waals surface area (Å²) in [7, 11) is 0. The van der Waals surface area contributed by atoms with E-state index in [-0.39, 0.29) is 5.82 Å². The van der Waals surface area contributed by atoms with Crippen LogP contribution in [0.25, 0.3) is 0 Å². The average Bonchev–Trinajstić information content (AvgIpc) is 2.30. The van der Waals surface area contributed by atoms with Crippen LogP contribution in [0.5, 0.6) is 0 Å². The number of thioether (sulfide) groups is 1. The molecule has 0 radical (unpaired) electrons. The van der Waals surface area contributed by atoms with Crippen LogP contribution >= 0.6 is 27.7 Å². The van der Waals surface area contributed by atoms with Crippen LogP contribution in [0.3, 0.4) is 0 Å². The van der Waals surface area contributed by atoms with Crippen molar-refractivity contribution in [3.05, 3.63) is 34.1 Å². The minimum atomic E-state index is -0.197. The van der Waals surface area contributed by atoms with Crippen LogP contribution in [0.15, 0.2) is 22.7 Å². The van der Waals surface area contributed by atoms with Gasteiger partial charge in [-0.3, -0.25) is 0 Å². The predicted molar refractivity (Wildman–Crippen MR) is 78.0 cm³/mol. The van der Waals surface area contributed by atoms with Gasteiger partial charge in [0.15, 0.2) is 0 Å². The molecule has 96 valence electrons. The summed E-state index contributed by atoms with van der Waals surface area (Å²) in [6.45, 7) is 1.82. The van der Waals surface area contributed by atoms with Gasteiger partial charge in [-0.15, -0.1) is 0 Å². The molecule has 1 rings (SSSR count). The van der Waals surface area contributed by atoms with Gasteiger partial charge in [-0.2, -0.15) is 11.8 Å². The van der Waals surface area contributed by atoms with Gasteiger partial charge in [0, 0.05) is 11.0 Å². The van der Waals surface area contributed by atoms with Gasteiger partial charge in [0.1, 0.15) is 5.82 Å². The lowest BCUT2D eigenvalue weighted by molar-refractivity contribution is 0.610. The third-order valence-corrected chi connectivity index (χ3v) is 3.97. The Balaban J connectivity index is 2.14. The first kappa shape index (κ1) is 15.0. The van der Waals surface area contributed by atoms with Crippen molar-refractivity contribution in [1.29, 1.82) is 0 Å². The van der Waals surface area contributed by atoms with E-state index in [1.807, 2.05) is 17.8 Å². The van der Waals surface area contributed by atoms with Gasteiger partial charge in [0.25, 0.3) is 0 Å². The highest BCUT2D eigenvalue weighted by Gasteiger charge is 2.00. The molecule has 0 amide bonds. The molecule has 1 aromatic carbocycles. The van der Waals surface area contributed by atoms with Crippen molar-refractivity contribution in [1.82, 2.24) is 5.32 Å². The van der Waals surface area contributed by atoms with Crippen molar-refractivity contribution >= 4 is 27.7 Å². The van der Waals surface area contributed by atoms with Crippen molar-refractivity contribution in [2.24, 2.45) is 0 Å². The van der Waals surface area contributed by atoms with E-state index in [9.17, 15) is 4.39 Å². The highest BCUT2D eigenvalue weighted by Crippen LogP contribution is 2.17. The van der Waals surface area contributed by atoms with E-state index < -0.39 is 0 Å². The van der Waals surface area contributed by atoms with Gasteiger partial charge in [-0.05, 0) is 49.1 Å². The van der Waals surface area contributed by atoms with Crippen molar-refractivity contribution < 1.29 is 4.39 Å². The molecule has 4 heteroatoms. The molecule has 1 aromatic rings. The fourth-order valence-electron chi connectivity index (χ4n) is 1.56. The normalized spacial score (nSPS) is 10.8. The van der Waals surface area contributed by atoms with E-state index in [0.29, 0.717) is 0 Å². The molecule has 0 unspecified atom stereocenters. The summed E-state index contributed by atoms with van der Waals surface area (Å²) in [5, 5.41) is 3.38. The number of hydrogen-bond donors (Lipinski definition) is 1. The summed E-state index contributed by atoms with van der Waals surface area (Å²) in [6, 6.07) is 4.83. The maximum atomic E-state index is 12.9. The molecule has 0 aliphatic rings. The Morgan fingerprint density at radius 1 is 1.29 bits per heavy atom. The molecule has 0 aromatic heterocycles. The maximum absolute atomic E-state index is 12.9. The fraction of sp³-hybridized carbons (Fsp3) is 0.538. The lowest BCUT2D eigenvalue weighted by atomic mass is 10.2. The van der Waals surface area contributed by atoms with Crippen molar-refractivity contribution in [2.75, 3.05) is 18.6 Å². The molecular weight excluding hydrogens is 301 g/mol. The van der Waals surface area contributed by atoms with Crippen LogP contribution in [0.2, 0.25) is 0 Å². The van der Waals surface area contributed by atoms with Crippen LogP contribution in [0.1, 0.15) is 24.8 Å². The monoisotopic (exact) mass is 319 g/mol. The summed E-state index contributed by atoms with van der Waals surface area (Å²) in [5.74, 6) is 1.06. The molecule has 0 saturated heterocycles. The molecule has 0 bridgehead atoms. The number of benzene rings is 1. The Hall–Kier alpha value is -0.0600. The van der Waals surface area contributed by atoms with E-state index in [1.54, 1.807) is 0 Å². The standard InChI is InChI=1S/C13H19BrFNS/c1-17-8-4-2-3-7-16-10-11-5-6-12(15)9-13(11)14/h5-6,9,16H,2-4,7-8,10H2,1H3. The summed E-state index contributed by atoms with van der Waals surface area (Å²) in [4.78, 5) is 0. The van der Waals surface area contributed by atoms with E-state index >= 15 is 0 Å². The maximum Gasteiger partial charge on any atom is 0.124 e. The zero-order valence-corrected chi connectivity index (χ0v) is 12.5. The highest BCUT2D eigenvalue weighted by molar-refractivity contribution is 9.10. The first-order valence-corrected chi connectivity index (χ1v) is 8.06. The molecule has 0 saturated carbocycles. The number of halogens is 2. The second-order valence-electron chi connectivity index (χ2n) is 3.97. The fourth-order valence-corrected chi connectivity index (χ4v) is 2.55. The van der Waals surface area contributed by atoms with Crippen molar-refractivity contribution in [3.63, 3.8) is 0 Å². The van der Waals surface area contributed by atoms with Gasteiger partial charge < -0.3 is 5.32 Å². The van der Waals surface area contributed by atoms with Crippen LogP contribution in [0, 0.1) is 5.82 Å². The third kappa shape index (κ3) is 6.43. The number of unbranched alkanes of at least 4 members (excludes halogenated alkanes) is 2. The van der Waals surface area contributed by atoms with Gasteiger partial charge in [0.2, 0.25) is 0 Å². The Labute approximate surface area is 116 Å². The minimum absolute atomic E-state index is 0.197. The Bertz CT molecular complexity index is 333. The van der Waals surface area contributed by atoms with Gasteiger partial charge in [-0.25, -0.2) is 4.39 Å². The second kappa shape index (κ2) is 8.95.